The monoisotopic (exact) mass is 416 g/mol. The first-order valence-electron chi connectivity index (χ1n) is 11.6. The molecule has 0 aromatic heterocycles. The Bertz CT molecular complexity index is 985. The first-order valence-corrected chi connectivity index (χ1v) is 11.6. The quantitative estimate of drug-likeness (QED) is 0.442. The van der Waals surface area contributed by atoms with Crippen molar-refractivity contribution in [2.75, 3.05) is 6.61 Å². The summed E-state index contributed by atoms with van der Waals surface area (Å²) >= 11 is 0. The second-order valence-corrected chi connectivity index (χ2v) is 10.3. The molecule has 31 heavy (non-hydrogen) atoms. The van der Waals surface area contributed by atoms with Gasteiger partial charge in [0.05, 0.1) is 0 Å². The fraction of sp³-hybridized carbons (Fsp3) is 0.464. The Labute approximate surface area is 185 Å². The second-order valence-electron chi connectivity index (χ2n) is 10.3. The summed E-state index contributed by atoms with van der Waals surface area (Å²) in [5, 5.41) is 8.83. The zero-order chi connectivity index (χ0) is 21.6. The Hall–Kier alpha value is -2.55. The van der Waals surface area contributed by atoms with Crippen LogP contribution >= 0.6 is 0 Å². The minimum Gasteiger partial charge on any atom is -0.488 e. The van der Waals surface area contributed by atoms with E-state index in [9.17, 15) is 4.79 Å². The summed E-state index contributed by atoms with van der Waals surface area (Å²) in [4.78, 5) is 10.7. The van der Waals surface area contributed by atoms with Crippen molar-refractivity contribution in [1.29, 1.82) is 0 Å². The maximum Gasteiger partial charge on any atom is 0.328 e. The van der Waals surface area contributed by atoms with Crippen LogP contribution in [0.15, 0.2) is 59.2 Å². The minimum absolute atomic E-state index is 0.400. The molecule has 0 atom stereocenters. The molecule has 0 unspecified atom stereocenters. The van der Waals surface area contributed by atoms with Gasteiger partial charge in [-0.1, -0.05) is 24.3 Å². The standard InChI is InChI=1S/C28H32O3/c1-18(8-27(29)30)4-3-5-19(2)24-12-23-13-25(6-7-26(23)31-17-24)28-14-20-9-21(15-28)11-22(10-20)16-28/h3-8,12-13,20-22H,9-11,14-17H2,1-2H3,(H,29,30). The molecular weight excluding hydrogens is 384 g/mol. The molecule has 3 heteroatoms. The molecule has 6 rings (SSSR count). The molecule has 1 aromatic rings. The predicted molar refractivity (Wildman–Crippen MR) is 124 cm³/mol. The van der Waals surface area contributed by atoms with E-state index in [2.05, 4.69) is 31.2 Å². The smallest absolute Gasteiger partial charge is 0.328 e. The van der Waals surface area contributed by atoms with Gasteiger partial charge in [0.15, 0.2) is 0 Å². The molecule has 0 spiro atoms. The number of carbonyl (C=O) groups is 1. The molecule has 162 valence electrons. The van der Waals surface area contributed by atoms with E-state index in [0.29, 0.717) is 12.0 Å². The number of aliphatic carboxylic acids is 1. The lowest BCUT2D eigenvalue weighted by Crippen LogP contribution is -2.48. The molecule has 3 nitrogen and oxygen atoms in total. The highest BCUT2D eigenvalue weighted by Crippen LogP contribution is 2.61. The lowest BCUT2D eigenvalue weighted by atomic mass is 9.48. The second kappa shape index (κ2) is 7.85. The molecule has 1 heterocycles. The number of benzene rings is 1. The Morgan fingerprint density at radius 3 is 2.42 bits per heavy atom. The third-order valence-corrected chi connectivity index (χ3v) is 7.94. The van der Waals surface area contributed by atoms with Gasteiger partial charge < -0.3 is 9.84 Å². The van der Waals surface area contributed by atoms with Crippen molar-refractivity contribution in [3.63, 3.8) is 0 Å². The molecule has 1 N–H and O–H groups in total. The molecule has 0 amide bonds. The number of carboxylic acid groups (broad SMARTS) is 1. The van der Waals surface area contributed by atoms with Crippen molar-refractivity contribution >= 4 is 12.0 Å². The van der Waals surface area contributed by atoms with Crippen molar-refractivity contribution < 1.29 is 14.6 Å². The largest absolute Gasteiger partial charge is 0.488 e. The van der Waals surface area contributed by atoms with Crippen LogP contribution in [-0.2, 0) is 10.2 Å². The molecule has 4 saturated carbocycles. The van der Waals surface area contributed by atoms with E-state index in [1.54, 1.807) is 6.92 Å². The zero-order valence-corrected chi connectivity index (χ0v) is 18.6. The summed E-state index contributed by atoms with van der Waals surface area (Å²) in [6.07, 6.45) is 17.8. The van der Waals surface area contributed by atoms with Gasteiger partial charge in [0, 0.05) is 11.6 Å². The number of hydrogen-bond donors (Lipinski definition) is 1. The molecule has 4 bridgehead atoms. The fourth-order valence-electron chi connectivity index (χ4n) is 6.89. The van der Waals surface area contributed by atoms with Gasteiger partial charge >= 0.3 is 5.97 Å². The van der Waals surface area contributed by atoms with Gasteiger partial charge in [-0.2, -0.15) is 0 Å². The summed E-state index contributed by atoms with van der Waals surface area (Å²) in [5.74, 6) is 2.90. The highest BCUT2D eigenvalue weighted by atomic mass is 16.5. The normalized spacial score (nSPS) is 32.1. The molecule has 5 aliphatic rings. The maximum absolute atomic E-state index is 10.7. The van der Waals surface area contributed by atoms with E-state index >= 15 is 0 Å². The average Bonchev–Trinajstić information content (AvgIpc) is 2.71. The highest BCUT2D eigenvalue weighted by molar-refractivity contribution is 5.81. The van der Waals surface area contributed by atoms with Crippen LogP contribution in [0.5, 0.6) is 5.75 Å². The molecule has 1 aromatic carbocycles. The van der Waals surface area contributed by atoms with E-state index in [4.69, 9.17) is 9.84 Å². The number of hydrogen-bond acceptors (Lipinski definition) is 2. The van der Waals surface area contributed by atoms with Gasteiger partial charge in [0.1, 0.15) is 12.4 Å². The predicted octanol–water partition coefficient (Wildman–Crippen LogP) is 6.46. The number of rotatable bonds is 5. The Morgan fingerprint density at radius 2 is 1.77 bits per heavy atom. The summed E-state index contributed by atoms with van der Waals surface area (Å²) < 4.78 is 6.09. The van der Waals surface area contributed by atoms with Crippen LogP contribution in [0.25, 0.3) is 6.08 Å². The molecule has 4 aliphatic carbocycles. The van der Waals surface area contributed by atoms with Gasteiger partial charge in [-0.3, -0.25) is 0 Å². The number of carboxylic acids is 1. The molecule has 0 radical (unpaired) electrons. The average molecular weight is 417 g/mol. The SMILES string of the molecule is CC(C=CC=C(C)C1=Cc2cc(C34CC5CC(CC(C5)C3)C4)ccc2OC1)=CC(=O)O. The number of ether oxygens (including phenoxy) is 1. The van der Waals surface area contributed by atoms with E-state index in [1.807, 2.05) is 18.2 Å². The third kappa shape index (κ3) is 4.03. The van der Waals surface area contributed by atoms with Crippen molar-refractivity contribution in [3.05, 3.63) is 70.3 Å². The Morgan fingerprint density at radius 1 is 1.10 bits per heavy atom. The van der Waals surface area contributed by atoms with Crippen molar-refractivity contribution in [2.45, 2.75) is 57.8 Å². The van der Waals surface area contributed by atoms with Crippen LogP contribution in [-0.4, -0.2) is 17.7 Å². The summed E-state index contributed by atoms with van der Waals surface area (Å²) in [6.45, 7) is 4.45. The van der Waals surface area contributed by atoms with E-state index in [0.717, 1.165) is 34.6 Å². The Kier molecular flexibility index (Phi) is 5.16. The van der Waals surface area contributed by atoms with E-state index in [1.165, 1.54) is 61.3 Å². The molecule has 1 aliphatic heterocycles. The Balaban J connectivity index is 1.39. The van der Waals surface area contributed by atoms with Gasteiger partial charge in [-0.25, -0.2) is 4.79 Å². The first kappa shape index (κ1) is 20.4. The molecule has 4 fully saturated rings. The van der Waals surface area contributed by atoms with Crippen LogP contribution in [0.3, 0.4) is 0 Å². The zero-order valence-electron chi connectivity index (χ0n) is 18.6. The summed E-state index contributed by atoms with van der Waals surface area (Å²) in [6, 6.07) is 6.94. The van der Waals surface area contributed by atoms with E-state index < -0.39 is 5.97 Å². The number of fused-ring (bicyclic) bond motifs is 1. The van der Waals surface area contributed by atoms with Crippen LogP contribution in [0.2, 0.25) is 0 Å². The van der Waals surface area contributed by atoms with Gasteiger partial charge in [-0.05, 0) is 116 Å². The molecular formula is C28H32O3. The summed E-state index contributed by atoms with van der Waals surface area (Å²) in [5.41, 5.74) is 6.17. The van der Waals surface area contributed by atoms with Gasteiger partial charge in [0.2, 0.25) is 0 Å². The van der Waals surface area contributed by atoms with Crippen molar-refractivity contribution in [1.82, 2.24) is 0 Å². The van der Waals surface area contributed by atoms with Crippen molar-refractivity contribution in [2.24, 2.45) is 17.8 Å². The van der Waals surface area contributed by atoms with E-state index in [-0.39, 0.29) is 0 Å². The first-order chi connectivity index (χ1) is 14.9. The topological polar surface area (TPSA) is 46.5 Å². The van der Waals surface area contributed by atoms with Crippen LogP contribution in [0.4, 0.5) is 0 Å². The number of allylic oxidation sites excluding steroid dienone is 4. The summed E-state index contributed by atoms with van der Waals surface area (Å²) in [7, 11) is 0. The van der Waals surface area contributed by atoms with Gasteiger partial charge in [-0.15, -0.1) is 0 Å². The van der Waals surface area contributed by atoms with Crippen LogP contribution in [0, 0.1) is 17.8 Å². The third-order valence-electron chi connectivity index (χ3n) is 7.94. The van der Waals surface area contributed by atoms with Crippen LogP contribution in [0.1, 0.15) is 63.5 Å². The molecule has 0 saturated heterocycles. The highest BCUT2D eigenvalue weighted by Gasteiger charge is 2.51. The lowest BCUT2D eigenvalue weighted by molar-refractivity contribution is -0.131. The lowest BCUT2D eigenvalue weighted by Gasteiger charge is -2.57. The van der Waals surface area contributed by atoms with Crippen LogP contribution < -0.4 is 4.74 Å². The minimum atomic E-state index is -0.919. The van der Waals surface area contributed by atoms with Gasteiger partial charge in [0.25, 0.3) is 0 Å². The van der Waals surface area contributed by atoms with Crippen molar-refractivity contribution in [3.8, 4) is 5.75 Å². The maximum atomic E-state index is 10.7. The fourth-order valence-corrected chi connectivity index (χ4v) is 6.89.